The molecule has 0 saturated carbocycles. The molecule has 1 aliphatic heterocycles. The number of amides is 2. The van der Waals surface area contributed by atoms with Crippen LogP contribution in [0.5, 0.6) is 0 Å². The number of ether oxygens (including phenoxy) is 1. The lowest BCUT2D eigenvalue weighted by molar-refractivity contribution is -0.149. The van der Waals surface area contributed by atoms with Crippen molar-refractivity contribution in [3.8, 4) is 0 Å². The van der Waals surface area contributed by atoms with Crippen molar-refractivity contribution in [1.29, 1.82) is 0 Å². The Hall–Kier alpha value is -2.95. The summed E-state index contributed by atoms with van der Waals surface area (Å²) in [7, 11) is 1.57. The summed E-state index contributed by atoms with van der Waals surface area (Å²) in [6.45, 7) is 4.40. The third-order valence-electron chi connectivity index (χ3n) is 5.84. The summed E-state index contributed by atoms with van der Waals surface area (Å²) < 4.78 is 5.36. The minimum Gasteiger partial charge on any atom is -0.390 e. The second kappa shape index (κ2) is 11.3. The van der Waals surface area contributed by atoms with Crippen molar-refractivity contribution < 1.29 is 29.4 Å². The van der Waals surface area contributed by atoms with Gasteiger partial charge in [-0.3, -0.25) is 9.59 Å². The molecule has 3 atom stereocenters. The third-order valence-corrected chi connectivity index (χ3v) is 5.84. The van der Waals surface area contributed by atoms with E-state index < -0.39 is 30.8 Å². The summed E-state index contributed by atoms with van der Waals surface area (Å²) in [4.78, 5) is 37.7. The van der Waals surface area contributed by atoms with Crippen molar-refractivity contribution in [2.45, 2.75) is 38.5 Å². The van der Waals surface area contributed by atoms with Crippen molar-refractivity contribution in [2.24, 2.45) is 5.16 Å². The summed E-state index contributed by atoms with van der Waals surface area (Å²) >= 11 is 0. The van der Waals surface area contributed by atoms with Gasteiger partial charge in [0.2, 0.25) is 5.91 Å². The molecule has 0 radical (unpaired) electrons. The summed E-state index contributed by atoms with van der Waals surface area (Å²) in [5, 5.41) is 23.9. The molecule has 1 aliphatic rings. The van der Waals surface area contributed by atoms with Gasteiger partial charge >= 0.3 is 0 Å². The topological polar surface area (TPSA) is 128 Å². The summed E-state index contributed by atoms with van der Waals surface area (Å²) in [6.07, 6.45) is 0.00752. The Kier molecular flexibility index (Phi) is 8.43. The maximum atomic E-state index is 13.4. The summed E-state index contributed by atoms with van der Waals surface area (Å²) in [5.41, 5.74) is 2.05. The molecule has 0 aliphatic carbocycles. The molecule has 0 bridgehead atoms. The van der Waals surface area contributed by atoms with Crippen molar-refractivity contribution in [3.63, 3.8) is 0 Å². The first-order chi connectivity index (χ1) is 15.8. The summed E-state index contributed by atoms with van der Waals surface area (Å²) in [5.74, 6) is -0.576. The van der Waals surface area contributed by atoms with Gasteiger partial charge in [0, 0.05) is 43.7 Å². The molecule has 2 aromatic rings. The number of carbonyl (C=O) groups excluding carboxylic acids is 2. The number of aromatic amines is 1. The number of para-hydroxylation sites is 1. The van der Waals surface area contributed by atoms with E-state index in [1.807, 2.05) is 30.5 Å². The monoisotopic (exact) mass is 460 g/mol. The number of rotatable bonds is 9. The molecule has 3 N–H and O–H groups in total. The zero-order valence-electron chi connectivity index (χ0n) is 19.2. The maximum Gasteiger partial charge on any atom is 0.263 e. The number of nitrogens with one attached hydrogen (secondary N) is 1. The van der Waals surface area contributed by atoms with E-state index in [1.54, 1.807) is 11.9 Å². The number of hydrogen-bond donors (Lipinski definition) is 3. The molecule has 10 nitrogen and oxygen atoms in total. The minimum absolute atomic E-state index is 0.149. The molecule has 3 rings (SSSR count). The molecular formula is C23H32N4O6. The van der Waals surface area contributed by atoms with Crippen LogP contribution >= 0.6 is 0 Å². The van der Waals surface area contributed by atoms with E-state index in [9.17, 15) is 19.8 Å². The van der Waals surface area contributed by atoms with Crippen LogP contribution in [-0.2, 0) is 25.6 Å². The van der Waals surface area contributed by atoms with Gasteiger partial charge in [-0.1, -0.05) is 23.4 Å². The zero-order valence-corrected chi connectivity index (χ0v) is 19.2. The van der Waals surface area contributed by atoms with E-state index in [-0.39, 0.29) is 11.6 Å². The molecular weight excluding hydrogens is 428 g/mol. The lowest BCUT2D eigenvalue weighted by Crippen LogP contribution is -2.53. The molecule has 33 heavy (non-hydrogen) atoms. The van der Waals surface area contributed by atoms with Gasteiger partial charge in [-0.15, -0.1) is 0 Å². The fourth-order valence-electron chi connectivity index (χ4n) is 3.76. The molecule has 3 unspecified atom stereocenters. The number of aliphatic hydroxyl groups is 2. The van der Waals surface area contributed by atoms with Crippen molar-refractivity contribution in [1.82, 2.24) is 14.8 Å². The number of hydrogen-bond acceptors (Lipinski definition) is 7. The molecule has 1 saturated heterocycles. The van der Waals surface area contributed by atoms with Crippen molar-refractivity contribution in [2.75, 3.05) is 40.0 Å². The highest BCUT2D eigenvalue weighted by Crippen LogP contribution is 2.21. The van der Waals surface area contributed by atoms with E-state index in [0.29, 0.717) is 32.7 Å². The maximum absolute atomic E-state index is 13.4. The first-order valence-corrected chi connectivity index (χ1v) is 11.0. The number of H-pyrrole nitrogens is 1. The van der Waals surface area contributed by atoms with E-state index >= 15 is 0 Å². The molecule has 10 heteroatoms. The first-order valence-electron chi connectivity index (χ1n) is 11.0. The SMILES string of the molecule is C/C(=N/OCC(=O)N(C)C(Cc1c[nH]c2ccccc12)C(=O)N1CCOCC1)C(O)C(C)O. The molecule has 1 fully saturated rings. The molecule has 2 amide bonds. The van der Waals surface area contributed by atoms with E-state index in [1.165, 1.54) is 18.7 Å². The number of aliphatic hydroxyl groups excluding tert-OH is 2. The highest BCUT2D eigenvalue weighted by molar-refractivity contribution is 5.90. The standard InChI is InChI=1S/C23H32N4O6/c1-15(22(30)16(2)28)25-33-14-21(29)26(3)20(23(31)27-8-10-32-11-9-27)12-17-13-24-19-7-5-4-6-18(17)19/h4-7,13,16,20,22,24,28,30H,8-12,14H2,1-3H3/b25-15-. The smallest absolute Gasteiger partial charge is 0.263 e. The quantitative estimate of drug-likeness (QED) is 0.370. The van der Waals surface area contributed by atoms with Crippen LogP contribution in [0.15, 0.2) is 35.6 Å². The molecule has 2 heterocycles. The number of carbonyl (C=O) groups is 2. The molecule has 1 aromatic carbocycles. The fourth-order valence-corrected chi connectivity index (χ4v) is 3.76. The Morgan fingerprint density at radius 1 is 1.27 bits per heavy atom. The van der Waals surface area contributed by atoms with Gasteiger partial charge < -0.3 is 34.6 Å². The highest BCUT2D eigenvalue weighted by Gasteiger charge is 2.32. The Balaban J connectivity index is 1.75. The lowest BCUT2D eigenvalue weighted by Gasteiger charge is -2.34. The van der Waals surface area contributed by atoms with Gasteiger partial charge in [0.15, 0.2) is 6.61 Å². The Morgan fingerprint density at radius 3 is 2.67 bits per heavy atom. The number of benzene rings is 1. The first kappa shape index (κ1) is 24.7. The highest BCUT2D eigenvalue weighted by atomic mass is 16.6. The van der Waals surface area contributed by atoms with Gasteiger partial charge in [0.1, 0.15) is 12.1 Å². The number of aromatic nitrogens is 1. The van der Waals surface area contributed by atoms with Crippen LogP contribution in [-0.4, -0.2) is 101 Å². The number of morpholine rings is 1. The Bertz CT molecular complexity index is 982. The van der Waals surface area contributed by atoms with E-state index in [2.05, 4.69) is 10.1 Å². The van der Waals surface area contributed by atoms with Crippen LogP contribution in [0, 0.1) is 0 Å². The van der Waals surface area contributed by atoms with Gasteiger partial charge in [0.25, 0.3) is 5.91 Å². The molecule has 0 spiro atoms. The lowest BCUT2D eigenvalue weighted by atomic mass is 10.0. The molecule has 180 valence electrons. The van der Waals surface area contributed by atoms with Crippen LogP contribution in [0.4, 0.5) is 0 Å². The average molecular weight is 461 g/mol. The van der Waals surface area contributed by atoms with Gasteiger partial charge in [-0.2, -0.15) is 0 Å². The zero-order chi connectivity index (χ0) is 24.0. The summed E-state index contributed by atoms with van der Waals surface area (Å²) in [6, 6.07) is 7.08. The number of fused-ring (bicyclic) bond motifs is 1. The van der Waals surface area contributed by atoms with Crippen molar-refractivity contribution in [3.05, 3.63) is 36.0 Å². The number of likely N-dealkylation sites (N-methyl/N-ethyl adjacent to an activating group) is 1. The van der Waals surface area contributed by atoms with Crippen molar-refractivity contribution >= 4 is 28.4 Å². The van der Waals surface area contributed by atoms with Crippen LogP contribution in [0.25, 0.3) is 10.9 Å². The predicted octanol–water partition coefficient (Wildman–Crippen LogP) is 0.530. The Morgan fingerprint density at radius 2 is 1.97 bits per heavy atom. The minimum atomic E-state index is -1.18. The number of oxime groups is 1. The fraction of sp³-hybridized carbons (Fsp3) is 0.522. The van der Waals surface area contributed by atoms with E-state index in [4.69, 9.17) is 9.57 Å². The van der Waals surface area contributed by atoms with Crippen LogP contribution in [0.2, 0.25) is 0 Å². The third kappa shape index (κ3) is 6.10. The van der Waals surface area contributed by atoms with Gasteiger partial charge in [-0.25, -0.2) is 0 Å². The predicted molar refractivity (Wildman–Crippen MR) is 123 cm³/mol. The second-order valence-corrected chi connectivity index (χ2v) is 8.21. The van der Waals surface area contributed by atoms with Crippen LogP contribution in [0.3, 0.4) is 0 Å². The Labute approximate surface area is 192 Å². The van der Waals surface area contributed by atoms with Crippen LogP contribution < -0.4 is 0 Å². The largest absolute Gasteiger partial charge is 0.390 e. The normalized spacial score (nSPS) is 17.5. The van der Waals surface area contributed by atoms with Gasteiger partial charge in [0.05, 0.1) is 25.0 Å². The van der Waals surface area contributed by atoms with Gasteiger partial charge in [-0.05, 0) is 25.5 Å². The average Bonchev–Trinajstić information content (AvgIpc) is 3.24. The number of nitrogens with zero attached hydrogens (tertiary/aromatic N) is 3. The van der Waals surface area contributed by atoms with Crippen LogP contribution in [0.1, 0.15) is 19.4 Å². The molecule has 1 aromatic heterocycles. The second-order valence-electron chi connectivity index (χ2n) is 8.21. The van der Waals surface area contributed by atoms with E-state index in [0.717, 1.165) is 16.5 Å².